The third-order valence-corrected chi connectivity index (χ3v) is 0.949. The molecule has 0 rings (SSSR count). The van der Waals surface area contributed by atoms with E-state index in [2.05, 4.69) is 17.5 Å². The van der Waals surface area contributed by atoms with Gasteiger partial charge in [-0.2, -0.15) is 0 Å². The third-order valence-electron chi connectivity index (χ3n) is 0.745. The lowest BCUT2D eigenvalue weighted by Crippen LogP contribution is -2.24. The molecule has 0 aliphatic heterocycles. The maximum Gasteiger partial charge on any atom is 0.216 e. The first-order valence-electron chi connectivity index (χ1n) is 2.65. The molecule has 4 heteroatoms. The van der Waals surface area contributed by atoms with Crippen molar-refractivity contribution in [2.75, 3.05) is 6.54 Å². The number of hydrogen-bond donors (Lipinski definition) is 2. The fraction of sp³-hybridized carbons (Fsp3) is 0.600. The van der Waals surface area contributed by atoms with Crippen molar-refractivity contribution in [3.8, 4) is 0 Å². The quantitative estimate of drug-likeness (QED) is 0.542. The Labute approximate surface area is 59.6 Å². The van der Waals surface area contributed by atoms with Crippen LogP contribution in [-0.2, 0) is 4.79 Å². The molecule has 3 N–H and O–H groups in total. The molecule has 0 saturated carbocycles. The van der Waals surface area contributed by atoms with Gasteiger partial charge in [-0.3, -0.25) is 4.79 Å². The summed E-state index contributed by atoms with van der Waals surface area (Å²) < 4.78 is 0. The summed E-state index contributed by atoms with van der Waals surface area (Å²) in [6, 6.07) is 0. The first kappa shape index (κ1) is 8.36. The van der Waals surface area contributed by atoms with Crippen molar-refractivity contribution in [1.29, 1.82) is 0 Å². The van der Waals surface area contributed by atoms with E-state index in [9.17, 15) is 4.79 Å². The van der Waals surface area contributed by atoms with E-state index in [-0.39, 0.29) is 5.91 Å². The van der Waals surface area contributed by atoms with Crippen LogP contribution in [-0.4, -0.2) is 17.4 Å². The largest absolute Gasteiger partial charge is 0.393 e. The summed E-state index contributed by atoms with van der Waals surface area (Å²) in [4.78, 5) is 10.7. The lowest BCUT2D eigenvalue weighted by Gasteiger charge is -1.97. The molecule has 1 amide bonds. The molecule has 0 heterocycles. The molecule has 0 aliphatic rings. The van der Waals surface area contributed by atoms with E-state index < -0.39 is 0 Å². The molecule has 0 spiro atoms. The summed E-state index contributed by atoms with van der Waals surface area (Å²) in [7, 11) is 0. The van der Waals surface area contributed by atoms with E-state index in [1.165, 1.54) is 6.92 Å². The minimum atomic E-state index is -0.0498. The molecule has 0 aliphatic carbocycles. The Kier molecular flexibility index (Phi) is 3.96. The van der Waals surface area contributed by atoms with E-state index in [0.29, 0.717) is 18.0 Å². The maximum absolute atomic E-state index is 10.2. The summed E-state index contributed by atoms with van der Waals surface area (Å²) >= 11 is 4.57. The second-order valence-corrected chi connectivity index (χ2v) is 2.22. The molecule has 9 heavy (non-hydrogen) atoms. The van der Waals surface area contributed by atoms with Crippen molar-refractivity contribution in [1.82, 2.24) is 5.32 Å². The minimum absolute atomic E-state index is 0.0498. The van der Waals surface area contributed by atoms with Crippen molar-refractivity contribution in [2.24, 2.45) is 5.73 Å². The highest BCUT2D eigenvalue weighted by Gasteiger charge is 1.90. The van der Waals surface area contributed by atoms with Gasteiger partial charge in [0.15, 0.2) is 0 Å². The Morgan fingerprint density at radius 2 is 2.33 bits per heavy atom. The van der Waals surface area contributed by atoms with Crippen LogP contribution in [0, 0.1) is 0 Å². The van der Waals surface area contributed by atoms with Crippen molar-refractivity contribution >= 4 is 23.1 Å². The molecule has 0 aromatic carbocycles. The Bertz CT molecular complexity index is 110. The number of thiocarbonyl (C=S) groups is 1. The molecule has 0 bridgehead atoms. The first-order chi connectivity index (χ1) is 4.13. The van der Waals surface area contributed by atoms with Crippen molar-refractivity contribution in [2.45, 2.75) is 13.3 Å². The van der Waals surface area contributed by atoms with Gasteiger partial charge in [-0.1, -0.05) is 12.2 Å². The highest BCUT2D eigenvalue weighted by molar-refractivity contribution is 7.80. The van der Waals surface area contributed by atoms with Gasteiger partial charge in [0.05, 0.1) is 4.99 Å². The maximum atomic E-state index is 10.2. The lowest BCUT2D eigenvalue weighted by molar-refractivity contribution is -0.118. The summed E-state index contributed by atoms with van der Waals surface area (Å²) in [5.74, 6) is -0.0498. The van der Waals surface area contributed by atoms with Gasteiger partial charge in [-0.05, 0) is 0 Å². The average molecular weight is 146 g/mol. The topological polar surface area (TPSA) is 55.1 Å². The third kappa shape index (κ3) is 7.36. The SMILES string of the molecule is CC(=O)NCCC(N)=S. The van der Waals surface area contributed by atoms with Crippen LogP contribution in [0.3, 0.4) is 0 Å². The lowest BCUT2D eigenvalue weighted by atomic mass is 10.4. The highest BCUT2D eigenvalue weighted by atomic mass is 32.1. The van der Waals surface area contributed by atoms with Gasteiger partial charge >= 0.3 is 0 Å². The predicted molar refractivity (Wildman–Crippen MR) is 40.1 cm³/mol. The number of amides is 1. The fourth-order valence-electron chi connectivity index (χ4n) is 0.362. The standard InChI is InChI=1S/C5H10N2OS/c1-4(8)7-3-2-5(6)9/h2-3H2,1H3,(H2,6,9)(H,7,8). The molecule has 0 aromatic heterocycles. The Balaban J connectivity index is 3.10. The minimum Gasteiger partial charge on any atom is -0.393 e. The van der Waals surface area contributed by atoms with Gasteiger partial charge in [0.25, 0.3) is 0 Å². The second kappa shape index (κ2) is 4.26. The molecular formula is C5H10N2OS. The van der Waals surface area contributed by atoms with Crippen LogP contribution in [0.5, 0.6) is 0 Å². The fourth-order valence-corrected chi connectivity index (χ4v) is 0.464. The molecule has 0 saturated heterocycles. The van der Waals surface area contributed by atoms with E-state index in [1.807, 2.05) is 0 Å². The summed E-state index contributed by atoms with van der Waals surface area (Å²) in [5, 5.41) is 2.57. The number of rotatable bonds is 3. The molecular weight excluding hydrogens is 136 g/mol. The van der Waals surface area contributed by atoms with Gasteiger partial charge in [-0.15, -0.1) is 0 Å². The zero-order valence-corrected chi connectivity index (χ0v) is 6.12. The van der Waals surface area contributed by atoms with Crippen LogP contribution < -0.4 is 11.1 Å². The van der Waals surface area contributed by atoms with Crippen LogP contribution >= 0.6 is 12.2 Å². The van der Waals surface area contributed by atoms with Crippen LogP contribution in [0.15, 0.2) is 0 Å². The van der Waals surface area contributed by atoms with Gasteiger partial charge in [0.1, 0.15) is 0 Å². The number of hydrogen-bond acceptors (Lipinski definition) is 2. The van der Waals surface area contributed by atoms with Crippen LogP contribution in [0.2, 0.25) is 0 Å². The molecule has 0 radical (unpaired) electrons. The Morgan fingerprint density at radius 3 is 2.67 bits per heavy atom. The number of carbonyl (C=O) groups is 1. The molecule has 0 aromatic rings. The van der Waals surface area contributed by atoms with Crippen molar-refractivity contribution < 1.29 is 4.79 Å². The zero-order valence-electron chi connectivity index (χ0n) is 5.31. The first-order valence-corrected chi connectivity index (χ1v) is 3.06. The van der Waals surface area contributed by atoms with E-state index >= 15 is 0 Å². The number of nitrogens with one attached hydrogen (secondary N) is 1. The van der Waals surface area contributed by atoms with Crippen molar-refractivity contribution in [3.63, 3.8) is 0 Å². The van der Waals surface area contributed by atoms with Crippen LogP contribution in [0.4, 0.5) is 0 Å². The Hall–Kier alpha value is -0.640. The molecule has 0 atom stereocenters. The summed E-state index contributed by atoms with van der Waals surface area (Å²) in [5.41, 5.74) is 5.16. The number of carbonyl (C=O) groups excluding carboxylic acids is 1. The van der Waals surface area contributed by atoms with Gasteiger partial charge < -0.3 is 11.1 Å². The molecule has 52 valence electrons. The van der Waals surface area contributed by atoms with E-state index in [4.69, 9.17) is 5.73 Å². The molecule has 3 nitrogen and oxygen atoms in total. The predicted octanol–water partition coefficient (Wildman–Crippen LogP) is -0.201. The summed E-state index contributed by atoms with van der Waals surface area (Å²) in [6.45, 7) is 2.00. The highest BCUT2D eigenvalue weighted by Crippen LogP contribution is 1.75. The smallest absolute Gasteiger partial charge is 0.216 e. The van der Waals surface area contributed by atoms with E-state index in [1.54, 1.807) is 0 Å². The zero-order chi connectivity index (χ0) is 7.28. The van der Waals surface area contributed by atoms with Crippen molar-refractivity contribution in [3.05, 3.63) is 0 Å². The normalized spacial score (nSPS) is 8.56. The van der Waals surface area contributed by atoms with Gasteiger partial charge in [0.2, 0.25) is 5.91 Å². The van der Waals surface area contributed by atoms with Crippen LogP contribution in [0.25, 0.3) is 0 Å². The average Bonchev–Trinajstić information content (AvgIpc) is 1.63. The second-order valence-electron chi connectivity index (χ2n) is 1.70. The van der Waals surface area contributed by atoms with Gasteiger partial charge in [0, 0.05) is 19.9 Å². The van der Waals surface area contributed by atoms with Crippen LogP contribution in [0.1, 0.15) is 13.3 Å². The molecule has 0 unspecified atom stereocenters. The monoisotopic (exact) mass is 146 g/mol. The van der Waals surface area contributed by atoms with E-state index in [0.717, 1.165) is 0 Å². The van der Waals surface area contributed by atoms with Gasteiger partial charge in [-0.25, -0.2) is 0 Å². The Morgan fingerprint density at radius 1 is 1.78 bits per heavy atom. The number of nitrogens with two attached hydrogens (primary N) is 1. The summed E-state index contributed by atoms with van der Waals surface area (Å²) in [6.07, 6.45) is 0.578. The molecule has 0 fully saturated rings.